The standard InChI is InChI=1S/C28H32ClN5O2.C2HF3O2/c1-2-21(35)11-7-4-8-12-23(28-30-18-25(34-28)19-9-5-3-6-10-19)33-27(36)16-15-26-31-22-14-13-20(29)17-24(22)32-26;3-2(4,5)1(6)7/h3,5-6,9-10,13-14,17-18,23H,2,4,7-8,11-12,15-16H2,1H3,(H,30,34)(H,31,32)(H,33,36);(H,6,7)/t23-;/m0./s1. The number of hydrogen-bond donors (Lipinski definition) is 4. The van der Waals surface area contributed by atoms with Crippen LogP contribution in [0.5, 0.6) is 0 Å². The number of benzene rings is 2. The zero-order chi connectivity index (χ0) is 31.4. The molecule has 1 amide bonds. The number of H-pyrrole nitrogens is 2. The van der Waals surface area contributed by atoms with Crippen LogP contribution in [-0.4, -0.2) is 48.9 Å². The van der Waals surface area contributed by atoms with Crippen molar-refractivity contribution in [1.82, 2.24) is 25.3 Å². The van der Waals surface area contributed by atoms with Gasteiger partial charge in [0.25, 0.3) is 0 Å². The minimum atomic E-state index is -5.08. The quantitative estimate of drug-likeness (QED) is 0.119. The molecule has 4 N–H and O–H groups in total. The third-order valence-electron chi connectivity index (χ3n) is 6.51. The number of carboxylic acid groups (broad SMARTS) is 1. The number of nitrogens with zero attached hydrogens (tertiary/aromatic N) is 2. The Bertz CT molecular complexity index is 1500. The van der Waals surface area contributed by atoms with Gasteiger partial charge in [-0.1, -0.05) is 61.7 Å². The van der Waals surface area contributed by atoms with E-state index in [0.717, 1.165) is 59.6 Å². The van der Waals surface area contributed by atoms with Crippen molar-refractivity contribution in [3.8, 4) is 11.3 Å². The SMILES string of the molecule is CCC(=O)CCCCC[C@H](NC(=O)CCc1nc2ccc(Cl)cc2[nH]1)c1ncc(-c2ccccc2)[nH]1.O=C(O)C(F)(F)F. The fourth-order valence-corrected chi connectivity index (χ4v) is 4.40. The van der Waals surface area contributed by atoms with Gasteiger partial charge >= 0.3 is 12.1 Å². The van der Waals surface area contributed by atoms with Gasteiger partial charge in [0.1, 0.15) is 17.4 Å². The van der Waals surface area contributed by atoms with Crippen LogP contribution in [0.4, 0.5) is 13.2 Å². The summed E-state index contributed by atoms with van der Waals surface area (Å²) in [7, 11) is 0. The number of nitrogens with one attached hydrogen (secondary N) is 3. The number of aromatic nitrogens is 4. The summed E-state index contributed by atoms with van der Waals surface area (Å²) in [6, 6.07) is 15.3. The van der Waals surface area contributed by atoms with Crippen molar-refractivity contribution in [3.05, 3.63) is 71.4 Å². The third-order valence-corrected chi connectivity index (χ3v) is 6.75. The Hall–Kier alpha value is -4.19. The molecule has 4 aromatic rings. The number of imidazole rings is 2. The highest BCUT2D eigenvalue weighted by Crippen LogP contribution is 2.23. The monoisotopic (exact) mass is 619 g/mol. The van der Waals surface area contributed by atoms with E-state index in [-0.39, 0.29) is 11.9 Å². The molecule has 13 heteroatoms. The van der Waals surface area contributed by atoms with Crippen molar-refractivity contribution in [2.75, 3.05) is 0 Å². The van der Waals surface area contributed by atoms with Gasteiger partial charge in [0.2, 0.25) is 5.91 Å². The van der Waals surface area contributed by atoms with E-state index >= 15 is 0 Å². The first-order valence-corrected chi connectivity index (χ1v) is 14.2. The average molecular weight is 620 g/mol. The van der Waals surface area contributed by atoms with E-state index < -0.39 is 12.1 Å². The van der Waals surface area contributed by atoms with Crippen molar-refractivity contribution in [2.45, 2.75) is 70.5 Å². The van der Waals surface area contributed by atoms with E-state index in [4.69, 9.17) is 21.5 Å². The number of carboxylic acids is 1. The summed E-state index contributed by atoms with van der Waals surface area (Å²) in [5, 5.41) is 10.9. The molecule has 0 aliphatic rings. The summed E-state index contributed by atoms with van der Waals surface area (Å²) in [4.78, 5) is 49.2. The van der Waals surface area contributed by atoms with Crippen molar-refractivity contribution in [2.24, 2.45) is 0 Å². The van der Waals surface area contributed by atoms with Crippen LogP contribution in [-0.2, 0) is 20.8 Å². The molecule has 43 heavy (non-hydrogen) atoms. The van der Waals surface area contributed by atoms with Gasteiger partial charge in [-0.25, -0.2) is 14.8 Å². The highest BCUT2D eigenvalue weighted by atomic mass is 35.5. The maximum absolute atomic E-state index is 12.9. The first-order chi connectivity index (χ1) is 20.5. The van der Waals surface area contributed by atoms with E-state index in [1.165, 1.54) is 0 Å². The zero-order valence-electron chi connectivity index (χ0n) is 23.5. The van der Waals surface area contributed by atoms with Crippen molar-refractivity contribution in [1.29, 1.82) is 0 Å². The van der Waals surface area contributed by atoms with Crippen LogP contribution in [0.15, 0.2) is 54.7 Å². The highest BCUT2D eigenvalue weighted by Gasteiger charge is 2.38. The van der Waals surface area contributed by atoms with Gasteiger partial charge in [0, 0.05) is 30.7 Å². The number of carbonyl (C=O) groups is 3. The molecule has 0 saturated carbocycles. The van der Waals surface area contributed by atoms with Gasteiger partial charge < -0.3 is 20.4 Å². The second-order valence-corrected chi connectivity index (χ2v) is 10.2. The Balaban J connectivity index is 0.000000646. The highest BCUT2D eigenvalue weighted by molar-refractivity contribution is 6.31. The number of ketones is 1. The van der Waals surface area contributed by atoms with Gasteiger partial charge in [-0.3, -0.25) is 9.59 Å². The molecule has 0 saturated heterocycles. The largest absolute Gasteiger partial charge is 0.490 e. The fraction of sp³-hybridized carbons (Fsp3) is 0.367. The summed E-state index contributed by atoms with van der Waals surface area (Å²) >= 11 is 6.06. The van der Waals surface area contributed by atoms with Gasteiger partial charge in [-0.15, -0.1) is 0 Å². The van der Waals surface area contributed by atoms with Gasteiger partial charge in [-0.05, 0) is 36.6 Å². The van der Waals surface area contributed by atoms with Crippen LogP contribution in [0.25, 0.3) is 22.3 Å². The Labute approximate surface area is 251 Å². The predicted octanol–water partition coefficient (Wildman–Crippen LogP) is 6.96. The lowest BCUT2D eigenvalue weighted by molar-refractivity contribution is -0.192. The molecule has 1 atom stereocenters. The maximum atomic E-state index is 12.9. The van der Waals surface area contributed by atoms with E-state index in [1.807, 2.05) is 55.6 Å². The summed E-state index contributed by atoms with van der Waals surface area (Å²) < 4.78 is 31.7. The molecule has 9 nitrogen and oxygen atoms in total. The third kappa shape index (κ3) is 10.9. The summed E-state index contributed by atoms with van der Waals surface area (Å²) in [5.41, 5.74) is 3.66. The second kappa shape index (κ2) is 15.9. The number of unbranched alkanes of at least 4 members (excludes halogenated alkanes) is 2. The predicted molar refractivity (Wildman–Crippen MR) is 156 cm³/mol. The lowest BCUT2D eigenvalue weighted by atomic mass is 10.0. The van der Waals surface area contributed by atoms with Crippen molar-refractivity contribution in [3.63, 3.8) is 0 Å². The van der Waals surface area contributed by atoms with Crippen molar-refractivity contribution >= 4 is 40.3 Å². The van der Waals surface area contributed by atoms with Crippen LogP contribution < -0.4 is 5.32 Å². The number of carbonyl (C=O) groups excluding carboxylic acids is 2. The second-order valence-electron chi connectivity index (χ2n) is 9.81. The van der Waals surface area contributed by atoms with E-state index in [1.54, 1.807) is 6.07 Å². The Morgan fingerprint density at radius 3 is 2.42 bits per heavy atom. The number of aryl methyl sites for hydroxylation is 1. The molecule has 230 valence electrons. The first kappa shape index (κ1) is 33.3. The molecular formula is C30H33ClF3N5O4. The lowest BCUT2D eigenvalue weighted by Gasteiger charge is -2.17. The number of hydrogen-bond acceptors (Lipinski definition) is 5. The van der Waals surface area contributed by atoms with Crippen LogP contribution in [0.1, 0.15) is 69.6 Å². The average Bonchev–Trinajstić information content (AvgIpc) is 3.62. The van der Waals surface area contributed by atoms with E-state index in [0.29, 0.717) is 36.5 Å². The fourth-order valence-electron chi connectivity index (χ4n) is 4.23. The van der Waals surface area contributed by atoms with Crippen LogP contribution >= 0.6 is 11.6 Å². The number of aliphatic carboxylic acids is 1. The molecule has 0 aliphatic heterocycles. The number of fused-ring (bicyclic) bond motifs is 1. The molecule has 0 spiro atoms. The summed E-state index contributed by atoms with van der Waals surface area (Å²) in [6.07, 6.45) is 2.19. The lowest BCUT2D eigenvalue weighted by Crippen LogP contribution is -2.29. The minimum absolute atomic E-state index is 0.0580. The molecule has 2 aromatic carbocycles. The van der Waals surface area contributed by atoms with Crippen LogP contribution in [0.3, 0.4) is 0 Å². The molecule has 0 unspecified atom stereocenters. The molecule has 0 fully saturated rings. The van der Waals surface area contributed by atoms with E-state index in [9.17, 15) is 22.8 Å². The molecule has 4 rings (SSSR count). The Morgan fingerprint density at radius 2 is 1.74 bits per heavy atom. The van der Waals surface area contributed by atoms with Crippen LogP contribution in [0.2, 0.25) is 5.02 Å². The van der Waals surface area contributed by atoms with Gasteiger partial charge in [0.15, 0.2) is 0 Å². The molecule has 2 aromatic heterocycles. The number of rotatable bonds is 13. The number of alkyl halides is 3. The minimum Gasteiger partial charge on any atom is -0.475 e. The molecule has 0 radical (unpaired) electrons. The molecule has 0 bridgehead atoms. The molecule has 2 heterocycles. The van der Waals surface area contributed by atoms with Gasteiger partial charge in [-0.2, -0.15) is 13.2 Å². The smallest absolute Gasteiger partial charge is 0.475 e. The maximum Gasteiger partial charge on any atom is 0.490 e. The normalized spacial score (nSPS) is 11.9. The zero-order valence-corrected chi connectivity index (χ0v) is 24.3. The van der Waals surface area contributed by atoms with Crippen LogP contribution in [0, 0.1) is 0 Å². The summed E-state index contributed by atoms with van der Waals surface area (Å²) in [6.45, 7) is 1.90. The van der Waals surface area contributed by atoms with Crippen molar-refractivity contribution < 1.29 is 32.7 Å². The molecule has 0 aliphatic carbocycles. The number of aromatic amines is 2. The Morgan fingerprint density at radius 1 is 1.02 bits per heavy atom. The number of amides is 1. The Kier molecular flexibility index (Phi) is 12.3. The number of Topliss-reactive ketones (excluding diaryl/α,β-unsaturated/α-hetero) is 1. The van der Waals surface area contributed by atoms with Gasteiger partial charge in [0.05, 0.1) is 29.0 Å². The summed E-state index contributed by atoms with van der Waals surface area (Å²) in [5.74, 6) is -1.02. The first-order valence-electron chi connectivity index (χ1n) is 13.8. The number of halogens is 4. The van der Waals surface area contributed by atoms with E-state index in [2.05, 4.69) is 25.3 Å². The topological polar surface area (TPSA) is 141 Å². The molecular weight excluding hydrogens is 587 g/mol.